The lowest BCUT2D eigenvalue weighted by atomic mass is 10.1. The second-order valence-electron chi connectivity index (χ2n) is 9.39. The van der Waals surface area contributed by atoms with Crippen molar-refractivity contribution in [2.75, 3.05) is 32.8 Å². The number of nitrogens with one attached hydrogen (secondary N) is 1. The zero-order valence-electron chi connectivity index (χ0n) is 20.7. The molecule has 204 valence electrons. The number of sulfone groups is 1. The summed E-state index contributed by atoms with van der Waals surface area (Å²) in [4.78, 5) is 40.7. The second kappa shape index (κ2) is 11.8. The molecule has 1 aliphatic carbocycles. The van der Waals surface area contributed by atoms with Crippen molar-refractivity contribution in [3.63, 3.8) is 0 Å². The maximum atomic E-state index is 13.8. The number of carboxylic acids is 1. The van der Waals surface area contributed by atoms with Crippen molar-refractivity contribution in [1.82, 2.24) is 15.1 Å². The molecular formula is C25H31N5O7S. The second-order valence-corrected chi connectivity index (χ2v) is 11.5. The fourth-order valence-electron chi connectivity index (χ4n) is 4.48. The van der Waals surface area contributed by atoms with Crippen LogP contribution in [0.2, 0.25) is 0 Å². The van der Waals surface area contributed by atoms with Crippen molar-refractivity contribution in [3.05, 3.63) is 42.5 Å². The summed E-state index contributed by atoms with van der Waals surface area (Å²) >= 11 is 0. The molecule has 0 bridgehead atoms. The number of nitrogens with two attached hydrogens (primary N) is 1. The first kappa shape index (κ1) is 27.3. The van der Waals surface area contributed by atoms with E-state index in [1.807, 2.05) is 17.0 Å². The summed E-state index contributed by atoms with van der Waals surface area (Å²) in [7, 11) is -4.35. The van der Waals surface area contributed by atoms with Crippen LogP contribution in [-0.2, 0) is 29.0 Å². The number of morpholine rings is 1. The predicted octanol–water partition coefficient (Wildman–Crippen LogP) is 0.167. The van der Waals surface area contributed by atoms with Crippen molar-refractivity contribution in [2.45, 2.75) is 41.6 Å². The fourth-order valence-corrected chi connectivity index (χ4v) is 6.12. The number of aliphatic carboxylic acids is 1. The third-order valence-corrected chi connectivity index (χ3v) is 8.60. The topological polar surface area (TPSA) is 172 Å². The quantitative estimate of drug-likeness (QED) is 0.154. The van der Waals surface area contributed by atoms with Gasteiger partial charge in [-0.2, -0.15) is 5.10 Å². The maximum absolute atomic E-state index is 13.8. The molecular weight excluding hydrogens is 514 g/mol. The molecule has 4 rings (SSSR count). The van der Waals surface area contributed by atoms with Gasteiger partial charge in [-0.1, -0.05) is 30.3 Å². The van der Waals surface area contributed by atoms with Crippen molar-refractivity contribution in [3.8, 4) is 0 Å². The van der Waals surface area contributed by atoms with Gasteiger partial charge in [0.25, 0.3) is 0 Å². The zero-order valence-corrected chi connectivity index (χ0v) is 21.5. The number of benzene rings is 2. The number of carboxylic acid groups (broad SMARTS) is 1. The molecule has 12 nitrogen and oxygen atoms in total. The monoisotopic (exact) mass is 545 g/mol. The van der Waals surface area contributed by atoms with Crippen LogP contribution in [0.3, 0.4) is 0 Å². The minimum Gasteiger partial charge on any atom is -0.480 e. The van der Waals surface area contributed by atoms with Crippen molar-refractivity contribution >= 4 is 44.7 Å². The van der Waals surface area contributed by atoms with Crippen molar-refractivity contribution < 1.29 is 32.6 Å². The molecule has 0 aromatic heterocycles. The van der Waals surface area contributed by atoms with Gasteiger partial charge in [-0.05, 0) is 35.7 Å². The molecule has 2 fully saturated rings. The first-order valence-corrected chi connectivity index (χ1v) is 13.8. The number of fused-ring (bicyclic) bond motifs is 1. The van der Waals surface area contributed by atoms with Crippen LogP contribution in [0.1, 0.15) is 19.3 Å². The summed E-state index contributed by atoms with van der Waals surface area (Å²) in [5, 5.41) is 15.2. The molecule has 2 amide bonds. The first-order valence-electron chi connectivity index (χ1n) is 12.3. The Hall–Kier alpha value is -3.71. The van der Waals surface area contributed by atoms with E-state index < -0.39 is 45.8 Å². The Bertz CT molecular complexity index is 1330. The van der Waals surface area contributed by atoms with Gasteiger partial charge in [-0.3, -0.25) is 14.4 Å². The molecule has 1 saturated carbocycles. The Morgan fingerprint density at radius 3 is 2.63 bits per heavy atom. The highest BCUT2D eigenvalue weighted by atomic mass is 32.2. The maximum Gasteiger partial charge on any atom is 0.323 e. The van der Waals surface area contributed by atoms with E-state index in [1.54, 1.807) is 18.2 Å². The van der Waals surface area contributed by atoms with Gasteiger partial charge >= 0.3 is 5.97 Å². The van der Waals surface area contributed by atoms with Gasteiger partial charge < -0.3 is 30.8 Å². The van der Waals surface area contributed by atoms with E-state index in [0.29, 0.717) is 37.9 Å². The molecule has 1 saturated heterocycles. The first-order chi connectivity index (χ1) is 18.2. The Morgan fingerprint density at radius 1 is 1.21 bits per heavy atom. The number of amides is 2. The molecule has 0 radical (unpaired) electrons. The van der Waals surface area contributed by atoms with E-state index in [2.05, 4.69) is 10.4 Å². The molecule has 2 aromatic carbocycles. The van der Waals surface area contributed by atoms with Crippen LogP contribution >= 0.6 is 0 Å². The SMILES string of the molecule is NN=CN1CCOC(CNC(=O)C[C@@H](C(=O)N(CC(=O)O)C2CC2)S(=O)(=O)c2ccc3ccccc3c2)C1. The molecule has 4 N–H and O–H groups in total. The Kier molecular flexibility index (Phi) is 8.47. The van der Waals surface area contributed by atoms with Crippen LogP contribution in [0.15, 0.2) is 52.5 Å². The Morgan fingerprint density at radius 2 is 1.95 bits per heavy atom. The van der Waals surface area contributed by atoms with Gasteiger partial charge in [0.2, 0.25) is 11.8 Å². The lowest BCUT2D eigenvalue weighted by Crippen LogP contribution is -2.50. The summed E-state index contributed by atoms with van der Waals surface area (Å²) in [5.74, 6) is 2.39. The molecule has 1 unspecified atom stereocenters. The largest absolute Gasteiger partial charge is 0.480 e. The lowest BCUT2D eigenvalue weighted by Gasteiger charge is -2.31. The molecule has 2 atom stereocenters. The minimum atomic E-state index is -4.35. The fraction of sp³-hybridized carbons (Fsp3) is 0.440. The average Bonchev–Trinajstić information content (AvgIpc) is 3.74. The van der Waals surface area contributed by atoms with E-state index in [-0.39, 0.29) is 23.6 Å². The normalized spacial score (nSPS) is 18.8. The molecule has 2 aliphatic rings. The summed E-state index contributed by atoms with van der Waals surface area (Å²) in [6, 6.07) is 11.3. The van der Waals surface area contributed by atoms with E-state index in [1.165, 1.54) is 18.5 Å². The van der Waals surface area contributed by atoms with Gasteiger partial charge in [-0.25, -0.2) is 8.42 Å². The van der Waals surface area contributed by atoms with E-state index in [0.717, 1.165) is 10.3 Å². The zero-order chi connectivity index (χ0) is 27.3. The summed E-state index contributed by atoms with van der Waals surface area (Å²) in [6.07, 6.45) is 1.59. The van der Waals surface area contributed by atoms with E-state index in [4.69, 9.17) is 10.6 Å². The number of ether oxygens (including phenoxy) is 1. The minimum absolute atomic E-state index is 0.0894. The predicted molar refractivity (Wildman–Crippen MR) is 139 cm³/mol. The molecule has 38 heavy (non-hydrogen) atoms. The highest BCUT2D eigenvalue weighted by Gasteiger charge is 2.43. The van der Waals surface area contributed by atoms with Crippen LogP contribution in [0.4, 0.5) is 0 Å². The number of carbonyl (C=O) groups is 3. The van der Waals surface area contributed by atoms with Gasteiger partial charge in [-0.15, -0.1) is 0 Å². The van der Waals surface area contributed by atoms with Gasteiger partial charge in [0.05, 0.1) is 24.0 Å². The molecule has 13 heteroatoms. The number of rotatable bonds is 11. The highest BCUT2D eigenvalue weighted by molar-refractivity contribution is 7.92. The molecule has 1 heterocycles. The van der Waals surface area contributed by atoms with Crippen LogP contribution in [0, 0.1) is 0 Å². The molecule has 2 aromatic rings. The van der Waals surface area contributed by atoms with Crippen LogP contribution < -0.4 is 11.2 Å². The van der Waals surface area contributed by atoms with E-state index >= 15 is 0 Å². The van der Waals surface area contributed by atoms with Crippen LogP contribution in [-0.4, -0.2) is 97.6 Å². The third kappa shape index (κ3) is 6.58. The molecule has 0 spiro atoms. The Labute approximate surface area is 220 Å². The van der Waals surface area contributed by atoms with Crippen molar-refractivity contribution in [2.24, 2.45) is 10.9 Å². The standard InChI is InChI=1S/C25H31N5O7S/c26-28-16-29-9-10-37-20(14-29)13-27-23(31)12-22(25(34)30(15-24(32)33)19-6-7-19)38(35,36)21-8-5-17-3-1-2-4-18(17)11-21/h1-5,8,11,16,19-20,22H,6-7,9-10,12-15,26H2,(H,27,31)(H,32,33)/t20?,22-/m0/s1. The Balaban J connectivity index is 1.56. The van der Waals surface area contributed by atoms with Crippen LogP contribution in [0.25, 0.3) is 10.8 Å². The van der Waals surface area contributed by atoms with Gasteiger partial charge in [0.15, 0.2) is 15.1 Å². The van der Waals surface area contributed by atoms with Gasteiger partial charge in [0, 0.05) is 25.7 Å². The number of hydrogen-bond acceptors (Lipinski definition) is 8. The number of carbonyl (C=O) groups excluding carboxylic acids is 2. The van der Waals surface area contributed by atoms with Gasteiger partial charge in [0.1, 0.15) is 12.9 Å². The number of hydrazone groups is 1. The number of hydrogen-bond donors (Lipinski definition) is 3. The average molecular weight is 546 g/mol. The lowest BCUT2D eigenvalue weighted by molar-refractivity contribution is -0.145. The summed E-state index contributed by atoms with van der Waals surface area (Å²) in [6.45, 7) is 0.865. The van der Waals surface area contributed by atoms with E-state index in [9.17, 15) is 27.9 Å². The summed E-state index contributed by atoms with van der Waals surface area (Å²) in [5.41, 5.74) is 0. The summed E-state index contributed by atoms with van der Waals surface area (Å²) < 4.78 is 33.2. The highest BCUT2D eigenvalue weighted by Crippen LogP contribution is 2.30. The molecule has 1 aliphatic heterocycles. The van der Waals surface area contributed by atoms with Crippen LogP contribution in [0.5, 0.6) is 0 Å². The van der Waals surface area contributed by atoms with Crippen molar-refractivity contribution in [1.29, 1.82) is 0 Å². The third-order valence-electron chi connectivity index (χ3n) is 6.57. The smallest absolute Gasteiger partial charge is 0.323 e. The number of nitrogens with zero attached hydrogens (tertiary/aromatic N) is 3.